The summed E-state index contributed by atoms with van der Waals surface area (Å²) in [4.78, 5) is 6.64. The molecule has 1 saturated heterocycles. The van der Waals surface area contributed by atoms with Crippen molar-refractivity contribution in [3.05, 3.63) is 30.1 Å². The van der Waals surface area contributed by atoms with Gasteiger partial charge in [-0.25, -0.2) is 0 Å². The molecule has 3 unspecified atom stereocenters. The van der Waals surface area contributed by atoms with E-state index in [0.29, 0.717) is 12.0 Å². The molecule has 3 rings (SSSR count). The zero-order chi connectivity index (χ0) is 13.1. The van der Waals surface area contributed by atoms with E-state index in [-0.39, 0.29) is 6.10 Å². The standard InChI is InChI=1S/C15H22N2O2/c18-15-5-1-4-13(15)14-11-19-8-7-17(14)10-12-3-2-6-16-9-12/h2-3,6,9,13-15,18H,1,4-5,7-8,10-11H2. The molecule has 2 aliphatic rings. The minimum Gasteiger partial charge on any atom is -0.393 e. The first kappa shape index (κ1) is 13.0. The molecule has 0 radical (unpaired) electrons. The predicted molar refractivity (Wildman–Crippen MR) is 72.6 cm³/mol. The van der Waals surface area contributed by atoms with E-state index in [9.17, 15) is 5.11 Å². The van der Waals surface area contributed by atoms with Gasteiger partial charge in [0.25, 0.3) is 0 Å². The first-order valence-corrected chi connectivity index (χ1v) is 7.23. The Labute approximate surface area is 114 Å². The fourth-order valence-electron chi connectivity index (χ4n) is 3.39. The molecule has 19 heavy (non-hydrogen) atoms. The molecular formula is C15H22N2O2. The fourth-order valence-corrected chi connectivity index (χ4v) is 3.39. The number of aromatic nitrogens is 1. The van der Waals surface area contributed by atoms with E-state index in [4.69, 9.17) is 4.74 Å². The molecule has 0 aromatic carbocycles. The van der Waals surface area contributed by atoms with Gasteiger partial charge in [-0.15, -0.1) is 0 Å². The molecule has 1 aromatic rings. The zero-order valence-corrected chi connectivity index (χ0v) is 11.2. The van der Waals surface area contributed by atoms with Crippen LogP contribution >= 0.6 is 0 Å². The van der Waals surface area contributed by atoms with E-state index in [0.717, 1.165) is 45.6 Å². The summed E-state index contributed by atoms with van der Waals surface area (Å²) in [6, 6.07) is 4.45. The van der Waals surface area contributed by atoms with Crippen molar-refractivity contribution in [2.75, 3.05) is 19.8 Å². The normalized spacial score (nSPS) is 32.6. The van der Waals surface area contributed by atoms with Gasteiger partial charge in [-0.05, 0) is 24.5 Å². The van der Waals surface area contributed by atoms with Gasteiger partial charge in [-0.2, -0.15) is 0 Å². The zero-order valence-electron chi connectivity index (χ0n) is 11.2. The van der Waals surface area contributed by atoms with Crippen LogP contribution in [-0.4, -0.2) is 46.9 Å². The van der Waals surface area contributed by atoms with Gasteiger partial charge in [0, 0.05) is 37.4 Å². The lowest BCUT2D eigenvalue weighted by atomic mass is 9.94. The third-order valence-electron chi connectivity index (χ3n) is 4.41. The minimum atomic E-state index is -0.150. The maximum absolute atomic E-state index is 10.1. The number of hydrogen-bond acceptors (Lipinski definition) is 4. The molecule has 1 N–H and O–H groups in total. The Morgan fingerprint density at radius 3 is 3.11 bits per heavy atom. The van der Waals surface area contributed by atoms with Gasteiger partial charge >= 0.3 is 0 Å². The molecule has 1 aliphatic heterocycles. The average Bonchev–Trinajstić information content (AvgIpc) is 2.87. The fraction of sp³-hybridized carbons (Fsp3) is 0.667. The molecule has 1 aliphatic carbocycles. The SMILES string of the molecule is OC1CCCC1C1COCCN1Cc1cccnc1. The number of ether oxygens (including phenoxy) is 1. The summed E-state index contributed by atoms with van der Waals surface area (Å²) in [6.45, 7) is 3.40. The van der Waals surface area contributed by atoms with Crippen LogP contribution in [0.25, 0.3) is 0 Å². The third kappa shape index (κ3) is 2.96. The summed E-state index contributed by atoms with van der Waals surface area (Å²) < 4.78 is 5.64. The van der Waals surface area contributed by atoms with Crippen molar-refractivity contribution < 1.29 is 9.84 Å². The number of pyridine rings is 1. The van der Waals surface area contributed by atoms with Gasteiger partial charge in [0.1, 0.15) is 0 Å². The summed E-state index contributed by atoms with van der Waals surface area (Å²) in [5, 5.41) is 10.1. The highest BCUT2D eigenvalue weighted by Crippen LogP contribution is 2.32. The molecule has 4 heteroatoms. The predicted octanol–water partition coefficient (Wildman–Crippen LogP) is 1.44. The van der Waals surface area contributed by atoms with E-state index in [1.54, 1.807) is 6.20 Å². The molecule has 0 amide bonds. The first-order valence-electron chi connectivity index (χ1n) is 7.23. The van der Waals surface area contributed by atoms with Crippen molar-refractivity contribution in [1.29, 1.82) is 0 Å². The number of hydrogen-bond donors (Lipinski definition) is 1. The number of rotatable bonds is 3. The topological polar surface area (TPSA) is 45.6 Å². The van der Waals surface area contributed by atoms with Gasteiger partial charge in [0.15, 0.2) is 0 Å². The van der Waals surface area contributed by atoms with E-state index in [1.165, 1.54) is 5.56 Å². The summed E-state index contributed by atoms with van der Waals surface area (Å²) in [5.41, 5.74) is 1.24. The summed E-state index contributed by atoms with van der Waals surface area (Å²) >= 11 is 0. The third-order valence-corrected chi connectivity index (χ3v) is 4.41. The molecule has 1 saturated carbocycles. The van der Waals surface area contributed by atoms with Crippen LogP contribution in [0.4, 0.5) is 0 Å². The number of aliphatic hydroxyl groups is 1. The van der Waals surface area contributed by atoms with Crippen LogP contribution in [0, 0.1) is 5.92 Å². The highest BCUT2D eigenvalue weighted by atomic mass is 16.5. The molecular weight excluding hydrogens is 240 g/mol. The lowest BCUT2D eigenvalue weighted by molar-refractivity contribution is -0.0536. The molecule has 2 fully saturated rings. The summed E-state index contributed by atoms with van der Waals surface area (Å²) in [6.07, 6.45) is 6.80. The van der Waals surface area contributed by atoms with Gasteiger partial charge in [-0.1, -0.05) is 12.5 Å². The smallest absolute Gasteiger partial charge is 0.0626 e. The lowest BCUT2D eigenvalue weighted by Crippen LogP contribution is -2.50. The maximum atomic E-state index is 10.1. The van der Waals surface area contributed by atoms with Gasteiger partial charge in [0.2, 0.25) is 0 Å². The van der Waals surface area contributed by atoms with Crippen molar-refractivity contribution in [2.24, 2.45) is 5.92 Å². The Kier molecular flexibility index (Phi) is 4.11. The average molecular weight is 262 g/mol. The lowest BCUT2D eigenvalue weighted by Gasteiger charge is -2.40. The largest absolute Gasteiger partial charge is 0.393 e. The molecule has 3 atom stereocenters. The van der Waals surface area contributed by atoms with E-state index in [2.05, 4.69) is 16.0 Å². The van der Waals surface area contributed by atoms with Gasteiger partial charge < -0.3 is 9.84 Å². The molecule has 2 heterocycles. The van der Waals surface area contributed by atoms with Crippen LogP contribution in [0.5, 0.6) is 0 Å². The summed E-state index contributed by atoms with van der Waals surface area (Å²) in [7, 11) is 0. The number of morpholine rings is 1. The van der Waals surface area contributed by atoms with Crippen LogP contribution in [-0.2, 0) is 11.3 Å². The van der Waals surface area contributed by atoms with Crippen molar-refractivity contribution >= 4 is 0 Å². The van der Waals surface area contributed by atoms with E-state index in [1.807, 2.05) is 12.3 Å². The second-order valence-corrected chi connectivity index (χ2v) is 5.64. The molecule has 1 aromatic heterocycles. The molecule has 0 spiro atoms. The maximum Gasteiger partial charge on any atom is 0.0626 e. The Morgan fingerprint density at radius 2 is 2.37 bits per heavy atom. The van der Waals surface area contributed by atoms with Crippen LogP contribution in [0.1, 0.15) is 24.8 Å². The Bertz CT molecular complexity index is 398. The van der Waals surface area contributed by atoms with Crippen molar-refractivity contribution in [3.63, 3.8) is 0 Å². The Balaban J connectivity index is 1.70. The van der Waals surface area contributed by atoms with Crippen LogP contribution < -0.4 is 0 Å². The van der Waals surface area contributed by atoms with Gasteiger partial charge in [0.05, 0.1) is 19.3 Å². The molecule has 0 bridgehead atoms. The Morgan fingerprint density at radius 1 is 1.42 bits per heavy atom. The second-order valence-electron chi connectivity index (χ2n) is 5.64. The van der Waals surface area contributed by atoms with Gasteiger partial charge in [-0.3, -0.25) is 9.88 Å². The van der Waals surface area contributed by atoms with Crippen molar-refractivity contribution in [2.45, 2.75) is 38.0 Å². The van der Waals surface area contributed by atoms with Crippen molar-refractivity contribution in [3.8, 4) is 0 Å². The number of nitrogens with zero attached hydrogens (tertiary/aromatic N) is 2. The first-order chi connectivity index (χ1) is 9.34. The quantitative estimate of drug-likeness (QED) is 0.895. The molecule has 4 nitrogen and oxygen atoms in total. The Hall–Kier alpha value is -0.970. The number of aliphatic hydroxyl groups excluding tert-OH is 1. The van der Waals surface area contributed by atoms with Crippen LogP contribution in [0.3, 0.4) is 0 Å². The highest BCUT2D eigenvalue weighted by Gasteiger charge is 2.37. The van der Waals surface area contributed by atoms with Crippen molar-refractivity contribution in [1.82, 2.24) is 9.88 Å². The van der Waals surface area contributed by atoms with Crippen LogP contribution in [0.2, 0.25) is 0 Å². The highest BCUT2D eigenvalue weighted by molar-refractivity contribution is 5.09. The monoisotopic (exact) mass is 262 g/mol. The second kappa shape index (κ2) is 5.99. The molecule has 104 valence electrons. The van der Waals surface area contributed by atoms with Crippen LogP contribution in [0.15, 0.2) is 24.5 Å². The van der Waals surface area contributed by atoms with E-state index >= 15 is 0 Å². The van der Waals surface area contributed by atoms with E-state index < -0.39 is 0 Å². The minimum absolute atomic E-state index is 0.150. The summed E-state index contributed by atoms with van der Waals surface area (Å²) in [5.74, 6) is 0.372.